The zero-order chi connectivity index (χ0) is 11.3. The average Bonchev–Trinajstić information content (AvgIpc) is 2.17. The van der Waals surface area contributed by atoms with E-state index in [0.717, 1.165) is 11.1 Å². The van der Waals surface area contributed by atoms with Gasteiger partial charge in [0.15, 0.2) is 0 Å². The van der Waals surface area contributed by atoms with Crippen LogP contribution in [0.2, 0.25) is 5.02 Å². The van der Waals surface area contributed by atoms with E-state index in [9.17, 15) is 4.79 Å². The van der Waals surface area contributed by atoms with Gasteiger partial charge in [-0.25, -0.2) is 4.79 Å². The van der Waals surface area contributed by atoms with Crippen molar-refractivity contribution in [2.45, 2.75) is 13.8 Å². The molecule has 1 aromatic rings. The molecule has 0 radical (unpaired) electrons. The van der Waals surface area contributed by atoms with Gasteiger partial charge in [-0.1, -0.05) is 23.7 Å². The third kappa shape index (κ3) is 3.76. The molecular formula is C12H13ClO2. The summed E-state index contributed by atoms with van der Waals surface area (Å²) in [6, 6.07) is 5.66. The molecule has 0 aromatic heterocycles. The third-order valence-electron chi connectivity index (χ3n) is 1.84. The first-order chi connectivity index (χ1) is 7.13. The van der Waals surface area contributed by atoms with Crippen molar-refractivity contribution in [3.05, 3.63) is 40.4 Å². The Morgan fingerprint density at radius 3 is 2.87 bits per heavy atom. The van der Waals surface area contributed by atoms with Crippen LogP contribution in [0.15, 0.2) is 24.3 Å². The Bertz CT molecular complexity index is 383. The van der Waals surface area contributed by atoms with Crippen LogP contribution in [0.5, 0.6) is 0 Å². The van der Waals surface area contributed by atoms with E-state index in [4.69, 9.17) is 16.3 Å². The number of aryl methyl sites for hydroxylation is 1. The van der Waals surface area contributed by atoms with Crippen molar-refractivity contribution in [3.8, 4) is 0 Å². The van der Waals surface area contributed by atoms with Crippen molar-refractivity contribution in [1.82, 2.24) is 0 Å². The lowest BCUT2D eigenvalue weighted by molar-refractivity contribution is -0.137. The molecule has 0 bridgehead atoms. The summed E-state index contributed by atoms with van der Waals surface area (Å²) in [5.74, 6) is -0.353. The molecule has 0 aliphatic carbocycles. The molecule has 80 valence electrons. The molecule has 0 atom stereocenters. The molecule has 0 amide bonds. The van der Waals surface area contributed by atoms with Crippen LogP contribution in [-0.4, -0.2) is 12.6 Å². The number of hydrogen-bond acceptors (Lipinski definition) is 2. The van der Waals surface area contributed by atoms with E-state index in [2.05, 4.69) is 0 Å². The molecule has 0 heterocycles. The van der Waals surface area contributed by atoms with Gasteiger partial charge in [-0.05, 0) is 37.1 Å². The number of ether oxygens (including phenoxy) is 1. The van der Waals surface area contributed by atoms with Gasteiger partial charge in [0.25, 0.3) is 0 Å². The molecule has 0 unspecified atom stereocenters. The van der Waals surface area contributed by atoms with Gasteiger partial charge in [-0.2, -0.15) is 0 Å². The fraction of sp³-hybridized carbons (Fsp3) is 0.250. The van der Waals surface area contributed by atoms with Crippen molar-refractivity contribution in [3.63, 3.8) is 0 Å². The molecule has 2 nitrogen and oxygen atoms in total. The van der Waals surface area contributed by atoms with Crippen LogP contribution in [0.25, 0.3) is 6.08 Å². The minimum absolute atomic E-state index is 0.353. The molecular weight excluding hydrogens is 212 g/mol. The molecule has 1 rings (SSSR count). The molecule has 0 saturated heterocycles. The van der Waals surface area contributed by atoms with E-state index in [-0.39, 0.29) is 5.97 Å². The summed E-state index contributed by atoms with van der Waals surface area (Å²) in [6.45, 7) is 4.11. The fourth-order valence-corrected chi connectivity index (χ4v) is 1.41. The molecule has 0 aliphatic heterocycles. The van der Waals surface area contributed by atoms with E-state index >= 15 is 0 Å². The Balaban J connectivity index is 2.76. The summed E-state index contributed by atoms with van der Waals surface area (Å²) in [5.41, 5.74) is 1.91. The van der Waals surface area contributed by atoms with Gasteiger partial charge in [0.1, 0.15) is 0 Å². The van der Waals surface area contributed by atoms with Crippen LogP contribution in [0.3, 0.4) is 0 Å². The van der Waals surface area contributed by atoms with Crippen LogP contribution < -0.4 is 0 Å². The number of halogens is 1. The Kier molecular flexibility index (Phi) is 4.37. The van der Waals surface area contributed by atoms with Crippen LogP contribution in [0, 0.1) is 6.92 Å². The first-order valence-electron chi connectivity index (χ1n) is 4.74. The maximum atomic E-state index is 11.0. The number of benzene rings is 1. The van der Waals surface area contributed by atoms with E-state index in [1.807, 2.05) is 25.1 Å². The minimum atomic E-state index is -0.353. The van der Waals surface area contributed by atoms with Gasteiger partial charge >= 0.3 is 5.97 Å². The van der Waals surface area contributed by atoms with Crippen LogP contribution in [0.1, 0.15) is 18.1 Å². The van der Waals surface area contributed by atoms with Gasteiger partial charge in [0, 0.05) is 11.1 Å². The van der Waals surface area contributed by atoms with Crippen molar-refractivity contribution >= 4 is 23.6 Å². The second-order valence-corrected chi connectivity index (χ2v) is 3.52. The SMILES string of the molecule is CCOC(=O)/C=C/c1ccc(C)cc1Cl. The van der Waals surface area contributed by atoms with Gasteiger partial charge in [0.05, 0.1) is 6.61 Å². The van der Waals surface area contributed by atoms with Gasteiger partial charge < -0.3 is 4.74 Å². The molecule has 0 aliphatic rings. The normalized spacial score (nSPS) is 10.6. The highest BCUT2D eigenvalue weighted by atomic mass is 35.5. The Morgan fingerprint density at radius 1 is 1.53 bits per heavy atom. The molecule has 0 N–H and O–H groups in total. The van der Waals surface area contributed by atoms with Crippen LogP contribution >= 0.6 is 11.6 Å². The number of rotatable bonds is 3. The highest BCUT2D eigenvalue weighted by Gasteiger charge is 1.98. The van der Waals surface area contributed by atoms with E-state index < -0.39 is 0 Å². The second kappa shape index (κ2) is 5.56. The molecule has 0 saturated carbocycles. The predicted molar refractivity (Wildman–Crippen MR) is 61.9 cm³/mol. The number of esters is 1. The Hall–Kier alpha value is -1.28. The lowest BCUT2D eigenvalue weighted by atomic mass is 10.1. The summed E-state index contributed by atoms with van der Waals surface area (Å²) >= 11 is 5.99. The molecule has 1 aromatic carbocycles. The number of hydrogen-bond donors (Lipinski definition) is 0. The summed E-state index contributed by atoms with van der Waals surface area (Å²) in [7, 11) is 0. The summed E-state index contributed by atoms with van der Waals surface area (Å²) in [4.78, 5) is 11.0. The van der Waals surface area contributed by atoms with Crippen LogP contribution in [-0.2, 0) is 9.53 Å². The summed E-state index contributed by atoms with van der Waals surface area (Å²) in [5, 5.41) is 0.635. The average molecular weight is 225 g/mol. The minimum Gasteiger partial charge on any atom is -0.463 e. The van der Waals surface area contributed by atoms with Crippen molar-refractivity contribution in [1.29, 1.82) is 0 Å². The van der Waals surface area contributed by atoms with Crippen LogP contribution in [0.4, 0.5) is 0 Å². The maximum absolute atomic E-state index is 11.0. The molecule has 0 fully saturated rings. The Labute approximate surface area is 94.5 Å². The smallest absolute Gasteiger partial charge is 0.330 e. The van der Waals surface area contributed by atoms with Gasteiger partial charge in [-0.3, -0.25) is 0 Å². The monoisotopic (exact) mass is 224 g/mol. The van der Waals surface area contributed by atoms with Crippen molar-refractivity contribution in [2.24, 2.45) is 0 Å². The zero-order valence-corrected chi connectivity index (χ0v) is 9.54. The molecule has 15 heavy (non-hydrogen) atoms. The first-order valence-corrected chi connectivity index (χ1v) is 5.12. The lowest BCUT2D eigenvalue weighted by Gasteiger charge is -1.99. The molecule has 0 spiro atoms. The van der Waals surface area contributed by atoms with Gasteiger partial charge in [-0.15, -0.1) is 0 Å². The van der Waals surface area contributed by atoms with Crippen molar-refractivity contribution in [2.75, 3.05) is 6.61 Å². The zero-order valence-electron chi connectivity index (χ0n) is 8.79. The highest BCUT2D eigenvalue weighted by molar-refractivity contribution is 6.32. The third-order valence-corrected chi connectivity index (χ3v) is 2.17. The number of carbonyl (C=O) groups excluding carboxylic acids is 1. The maximum Gasteiger partial charge on any atom is 0.330 e. The van der Waals surface area contributed by atoms with E-state index in [0.29, 0.717) is 11.6 Å². The van der Waals surface area contributed by atoms with Crippen molar-refractivity contribution < 1.29 is 9.53 Å². The largest absolute Gasteiger partial charge is 0.463 e. The summed E-state index contributed by atoms with van der Waals surface area (Å²) in [6.07, 6.45) is 3.03. The first kappa shape index (κ1) is 11.8. The number of carbonyl (C=O) groups is 1. The predicted octanol–water partition coefficient (Wildman–Crippen LogP) is 3.22. The second-order valence-electron chi connectivity index (χ2n) is 3.11. The fourth-order valence-electron chi connectivity index (χ4n) is 1.12. The topological polar surface area (TPSA) is 26.3 Å². The quantitative estimate of drug-likeness (QED) is 0.582. The summed E-state index contributed by atoms with van der Waals surface area (Å²) < 4.78 is 4.76. The molecule has 3 heteroatoms. The van der Waals surface area contributed by atoms with E-state index in [1.165, 1.54) is 6.08 Å². The standard InChI is InChI=1S/C12H13ClO2/c1-3-15-12(14)7-6-10-5-4-9(2)8-11(10)13/h4-8H,3H2,1-2H3/b7-6+. The Morgan fingerprint density at radius 2 is 2.27 bits per heavy atom. The highest BCUT2D eigenvalue weighted by Crippen LogP contribution is 2.18. The van der Waals surface area contributed by atoms with Gasteiger partial charge in [0.2, 0.25) is 0 Å². The lowest BCUT2D eigenvalue weighted by Crippen LogP contribution is -1.98. The van der Waals surface area contributed by atoms with E-state index in [1.54, 1.807) is 13.0 Å².